The lowest BCUT2D eigenvalue weighted by Crippen LogP contribution is -2.51. The van der Waals surface area contributed by atoms with Gasteiger partial charge in [0.25, 0.3) is 0 Å². The van der Waals surface area contributed by atoms with Gasteiger partial charge in [-0.2, -0.15) is 5.26 Å². The Morgan fingerprint density at radius 1 is 1.50 bits per heavy atom. The molecule has 0 spiro atoms. The lowest BCUT2D eigenvalue weighted by Gasteiger charge is -2.41. The zero-order valence-electron chi connectivity index (χ0n) is 12.3. The second-order valence-corrected chi connectivity index (χ2v) is 5.75. The molecule has 1 aromatic rings. The molecule has 3 nitrogen and oxygen atoms in total. The highest BCUT2D eigenvalue weighted by molar-refractivity contribution is 5.89. The van der Waals surface area contributed by atoms with E-state index in [0.29, 0.717) is 6.42 Å². The first-order valence-corrected chi connectivity index (χ1v) is 7.40. The minimum Gasteiger partial charge on any atom is -0.340 e. The van der Waals surface area contributed by atoms with Gasteiger partial charge >= 0.3 is 0 Å². The third-order valence-electron chi connectivity index (χ3n) is 4.25. The second-order valence-electron chi connectivity index (χ2n) is 5.75. The molecule has 0 aromatic heterocycles. The van der Waals surface area contributed by atoms with E-state index in [-0.39, 0.29) is 11.9 Å². The van der Waals surface area contributed by atoms with Crippen molar-refractivity contribution in [2.45, 2.75) is 57.4 Å². The fourth-order valence-corrected chi connectivity index (χ4v) is 2.87. The first kappa shape index (κ1) is 14.6. The van der Waals surface area contributed by atoms with Gasteiger partial charge in [-0.25, -0.2) is 0 Å². The summed E-state index contributed by atoms with van der Waals surface area (Å²) in [6.07, 6.45) is 4.45. The Balaban J connectivity index is 2.19. The van der Waals surface area contributed by atoms with E-state index in [0.717, 1.165) is 31.2 Å². The molecule has 2 rings (SSSR count). The number of carbonyl (C=O) groups is 1. The van der Waals surface area contributed by atoms with Crippen molar-refractivity contribution in [3.63, 3.8) is 0 Å². The highest BCUT2D eigenvalue weighted by Crippen LogP contribution is 2.44. The Morgan fingerprint density at radius 3 is 2.75 bits per heavy atom. The number of rotatable bonds is 5. The summed E-state index contributed by atoms with van der Waals surface area (Å²) in [6, 6.07) is 10.0. The van der Waals surface area contributed by atoms with Gasteiger partial charge in [-0.15, -0.1) is 0 Å². The molecule has 1 aromatic carbocycles. The summed E-state index contributed by atoms with van der Waals surface area (Å²) in [5, 5.41) is 12.0. The fraction of sp³-hybridized carbons (Fsp3) is 0.529. The molecule has 0 saturated heterocycles. The molecule has 0 bridgehead atoms. The quantitative estimate of drug-likeness (QED) is 0.893. The summed E-state index contributed by atoms with van der Waals surface area (Å²) < 4.78 is 0. The maximum absolute atomic E-state index is 12.6. The molecule has 0 radical (unpaired) electrons. The van der Waals surface area contributed by atoms with Gasteiger partial charge in [0.1, 0.15) is 6.04 Å². The third-order valence-corrected chi connectivity index (χ3v) is 4.25. The molecule has 1 aliphatic rings. The van der Waals surface area contributed by atoms with Crippen molar-refractivity contribution in [1.29, 1.82) is 5.26 Å². The van der Waals surface area contributed by atoms with Crippen molar-refractivity contribution in [3.05, 3.63) is 35.4 Å². The standard InChI is InChI=1S/C17H22N2O/c1-3-6-15(12-18)19-16(20)17(9-5-10-17)14-8-4-7-13(2)11-14/h4,7-8,11,15H,3,5-6,9-10H2,1-2H3,(H,19,20). The van der Waals surface area contributed by atoms with Gasteiger partial charge in [0.05, 0.1) is 11.5 Å². The van der Waals surface area contributed by atoms with E-state index in [2.05, 4.69) is 17.5 Å². The lowest BCUT2D eigenvalue weighted by atomic mass is 9.63. The van der Waals surface area contributed by atoms with Crippen molar-refractivity contribution >= 4 is 5.91 Å². The number of amides is 1. The molecule has 1 N–H and O–H groups in total. The maximum Gasteiger partial charge on any atom is 0.231 e. The molecule has 20 heavy (non-hydrogen) atoms. The van der Waals surface area contributed by atoms with Crippen LogP contribution in [0.2, 0.25) is 0 Å². The zero-order chi connectivity index (χ0) is 14.6. The maximum atomic E-state index is 12.6. The van der Waals surface area contributed by atoms with Crippen molar-refractivity contribution < 1.29 is 4.79 Å². The van der Waals surface area contributed by atoms with Crippen LogP contribution in [-0.4, -0.2) is 11.9 Å². The predicted octanol–water partition coefficient (Wildman–Crippen LogP) is 3.23. The molecule has 0 aliphatic heterocycles. The minimum atomic E-state index is -0.408. The van der Waals surface area contributed by atoms with Crippen molar-refractivity contribution in [2.24, 2.45) is 0 Å². The van der Waals surface area contributed by atoms with Gasteiger partial charge in [-0.1, -0.05) is 49.6 Å². The van der Waals surface area contributed by atoms with Crippen LogP contribution in [0, 0.1) is 18.3 Å². The van der Waals surface area contributed by atoms with Gasteiger partial charge in [-0.3, -0.25) is 4.79 Å². The molecule has 1 atom stereocenters. The molecule has 1 aliphatic carbocycles. The van der Waals surface area contributed by atoms with Crippen LogP contribution in [0.1, 0.15) is 50.2 Å². The number of aryl methyl sites for hydroxylation is 1. The van der Waals surface area contributed by atoms with Gasteiger partial charge in [0.2, 0.25) is 5.91 Å². The molecule has 0 heterocycles. The van der Waals surface area contributed by atoms with Crippen molar-refractivity contribution in [2.75, 3.05) is 0 Å². The van der Waals surface area contributed by atoms with E-state index in [4.69, 9.17) is 5.26 Å². The average molecular weight is 270 g/mol. The van der Waals surface area contributed by atoms with Gasteiger partial charge in [0, 0.05) is 0 Å². The number of hydrogen-bond donors (Lipinski definition) is 1. The summed E-state index contributed by atoms with van der Waals surface area (Å²) in [5.41, 5.74) is 1.86. The summed E-state index contributed by atoms with van der Waals surface area (Å²) in [6.45, 7) is 4.07. The van der Waals surface area contributed by atoms with E-state index in [1.165, 1.54) is 5.56 Å². The summed E-state index contributed by atoms with van der Waals surface area (Å²) in [5.74, 6) is 0.0225. The fourth-order valence-electron chi connectivity index (χ4n) is 2.87. The van der Waals surface area contributed by atoms with Crippen LogP contribution in [0.5, 0.6) is 0 Å². The van der Waals surface area contributed by atoms with E-state index < -0.39 is 5.41 Å². The highest BCUT2D eigenvalue weighted by atomic mass is 16.2. The molecule has 1 amide bonds. The summed E-state index contributed by atoms with van der Waals surface area (Å²) in [4.78, 5) is 12.6. The number of benzene rings is 1. The van der Waals surface area contributed by atoms with Gasteiger partial charge < -0.3 is 5.32 Å². The Bertz CT molecular complexity index is 526. The van der Waals surface area contributed by atoms with E-state index in [9.17, 15) is 4.79 Å². The van der Waals surface area contributed by atoms with Crippen LogP contribution < -0.4 is 5.32 Å². The summed E-state index contributed by atoms with van der Waals surface area (Å²) in [7, 11) is 0. The molecule has 1 fully saturated rings. The average Bonchev–Trinajstić information content (AvgIpc) is 2.37. The molecule has 106 valence electrons. The van der Waals surface area contributed by atoms with E-state index in [1.54, 1.807) is 0 Å². The highest BCUT2D eigenvalue weighted by Gasteiger charge is 2.46. The molecule has 3 heteroatoms. The number of nitriles is 1. The van der Waals surface area contributed by atoms with Crippen LogP contribution in [0.15, 0.2) is 24.3 Å². The number of hydrogen-bond acceptors (Lipinski definition) is 2. The van der Waals surface area contributed by atoms with Gasteiger partial charge in [0.15, 0.2) is 0 Å². The predicted molar refractivity (Wildman–Crippen MR) is 79.2 cm³/mol. The smallest absolute Gasteiger partial charge is 0.231 e. The topological polar surface area (TPSA) is 52.9 Å². The van der Waals surface area contributed by atoms with Crippen LogP contribution in [0.4, 0.5) is 0 Å². The van der Waals surface area contributed by atoms with E-state index >= 15 is 0 Å². The Hall–Kier alpha value is -1.82. The SMILES string of the molecule is CCCC(C#N)NC(=O)C1(c2cccc(C)c2)CCC1. The monoisotopic (exact) mass is 270 g/mol. The number of nitrogens with zero attached hydrogens (tertiary/aromatic N) is 1. The second kappa shape index (κ2) is 6.09. The molecular formula is C17H22N2O. The van der Waals surface area contributed by atoms with Crippen molar-refractivity contribution in [3.8, 4) is 6.07 Å². The lowest BCUT2D eigenvalue weighted by molar-refractivity contribution is -0.130. The van der Waals surface area contributed by atoms with Crippen LogP contribution in [-0.2, 0) is 10.2 Å². The Morgan fingerprint density at radius 2 is 2.25 bits per heavy atom. The minimum absolute atomic E-state index is 0.0225. The zero-order valence-corrected chi connectivity index (χ0v) is 12.3. The summed E-state index contributed by atoms with van der Waals surface area (Å²) >= 11 is 0. The van der Waals surface area contributed by atoms with Crippen molar-refractivity contribution in [1.82, 2.24) is 5.32 Å². The Kier molecular flexibility index (Phi) is 4.44. The number of nitrogens with one attached hydrogen (secondary N) is 1. The van der Waals surface area contributed by atoms with Crippen LogP contribution in [0.25, 0.3) is 0 Å². The van der Waals surface area contributed by atoms with E-state index in [1.807, 2.05) is 32.0 Å². The third kappa shape index (κ3) is 2.70. The van der Waals surface area contributed by atoms with Gasteiger partial charge in [-0.05, 0) is 31.7 Å². The molecule has 1 unspecified atom stereocenters. The normalized spacial score (nSPS) is 17.6. The Labute approximate surface area is 121 Å². The number of carbonyl (C=O) groups excluding carboxylic acids is 1. The molecular weight excluding hydrogens is 248 g/mol. The van der Waals surface area contributed by atoms with Crippen LogP contribution >= 0.6 is 0 Å². The first-order chi connectivity index (χ1) is 9.62. The first-order valence-electron chi connectivity index (χ1n) is 7.40. The molecule has 1 saturated carbocycles. The van der Waals surface area contributed by atoms with Crippen LogP contribution in [0.3, 0.4) is 0 Å². The largest absolute Gasteiger partial charge is 0.340 e.